The van der Waals surface area contributed by atoms with Crippen LogP contribution in [0.2, 0.25) is 0 Å². The first kappa shape index (κ1) is 17.4. The molecule has 0 spiro atoms. The molecule has 0 bridgehead atoms. The van der Waals surface area contributed by atoms with Crippen LogP contribution >= 0.6 is 7.60 Å². The first-order chi connectivity index (χ1) is 10.0. The maximum atomic E-state index is 12.9. The maximum absolute atomic E-state index is 12.9. The standard InChI is InChI=1S/C15H29O5P/c1-2-11-21(18,19-14-7-3-12(16)4-8-14)20-15-9-5-13(17)6-10-15/h12-17H,2-11H2,1H3. The molecule has 0 amide bonds. The molecule has 0 aromatic rings. The second-order valence-corrected chi connectivity index (χ2v) is 8.50. The number of rotatable bonds is 6. The summed E-state index contributed by atoms with van der Waals surface area (Å²) in [5, 5.41) is 19.1. The zero-order chi connectivity index (χ0) is 15.3. The van der Waals surface area contributed by atoms with Gasteiger partial charge in [-0.3, -0.25) is 4.57 Å². The van der Waals surface area contributed by atoms with Gasteiger partial charge in [0, 0.05) is 6.16 Å². The van der Waals surface area contributed by atoms with E-state index in [1.165, 1.54) is 0 Å². The van der Waals surface area contributed by atoms with E-state index in [-0.39, 0.29) is 24.4 Å². The lowest BCUT2D eigenvalue weighted by atomic mass is 9.95. The molecule has 0 unspecified atom stereocenters. The smallest absolute Gasteiger partial charge is 0.331 e. The lowest BCUT2D eigenvalue weighted by molar-refractivity contribution is 0.0293. The molecule has 0 heterocycles. The summed E-state index contributed by atoms with van der Waals surface area (Å²) >= 11 is 0. The molecule has 2 rings (SSSR count). The van der Waals surface area contributed by atoms with E-state index in [2.05, 4.69) is 0 Å². The topological polar surface area (TPSA) is 76.0 Å². The second-order valence-electron chi connectivity index (χ2n) is 6.41. The van der Waals surface area contributed by atoms with Gasteiger partial charge in [-0.25, -0.2) is 0 Å². The highest BCUT2D eigenvalue weighted by Gasteiger charge is 2.34. The van der Waals surface area contributed by atoms with E-state index in [1.807, 2.05) is 6.92 Å². The molecule has 2 aliphatic rings. The van der Waals surface area contributed by atoms with Crippen LogP contribution in [-0.4, -0.2) is 40.8 Å². The summed E-state index contributed by atoms with van der Waals surface area (Å²) in [6.07, 6.45) is 6.49. The minimum atomic E-state index is -3.06. The minimum absolute atomic E-state index is 0.0556. The number of hydrogen-bond acceptors (Lipinski definition) is 5. The maximum Gasteiger partial charge on any atom is 0.331 e. The monoisotopic (exact) mass is 320 g/mol. The van der Waals surface area contributed by atoms with Crippen molar-refractivity contribution in [2.75, 3.05) is 6.16 Å². The van der Waals surface area contributed by atoms with Gasteiger partial charge in [-0.2, -0.15) is 0 Å². The molecule has 2 N–H and O–H groups in total. The Hall–Kier alpha value is 0.0700. The molecule has 5 nitrogen and oxygen atoms in total. The van der Waals surface area contributed by atoms with Crippen LogP contribution in [0, 0.1) is 0 Å². The fraction of sp³-hybridized carbons (Fsp3) is 1.00. The molecular formula is C15H29O5P. The van der Waals surface area contributed by atoms with Gasteiger partial charge >= 0.3 is 7.60 Å². The van der Waals surface area contributed by atoms with Crippen molar-refractivity contribution in [3.8, 4) is 0 Å². The lowest BCUT2D eigenvalue weighted by Gasteiger charge is -2.33. The van der Waals surface area contributed by atoms with Crippen LogP contribution < -0.4 is 0 Å². The van der Waals surface area contributed by atoms with Crippen LogP contribution in [0.1, 0.15) is 64.7 Å². The molecule has 0 saturated heterocycles. The molecule has 124 valence electrons. The van der Waals surface area contributed by atoms with E-state index >= 15 is 0 Å². The van der Waals surface area contributed by atoms with Crippen LogP contribution in [-0.2, 0) is 13.6 Å². The van der Waals surface area contributed by atoms with Gasteiger partial charge in [0.2, 0.25) is 0 Å². The molecule has 6 heteroatoms. The Morgan fingerprint density at radius 2 is 1.24 bits per heavy atom. The summed E-state index contributed by atoms with van der Waals surface area (Å²) in [4.78, 5) is 0. The molecule has 0 aromatic carbocycles. The van der Waals surface area contributed by atoms with E-state index < -0.39 is 7.60 Å². The second kappa shape index (κ2) is 8.07. The van der Waals surface area contributed by atoms with E-state index in [4.69, 9.17) is 9.05 Å². The van der Waals surface area contributed by atoms with Crippen molar-refractivity contribution in [1.82, 2.24) is 0 Å². The Kier molecular flexibility index (Phi) is 6.70. The quantitative estimate of drug-likeness (QED) is 0.735. The summed E-state index contributed by atoms with van der Waals surface area (Å²) in [5.41, 5.74) is 0. The predicted octanol–water partition coefficient (Wildman–Crippen LogP) is 3.23. The fourth-order valence-corrected chi connectivity index (χ4v) is 5.30. The van der Waals surface area contributed by atoms with Crippen molar-refractivity contribution in [1.29, 1.82) is 0 Å². The summed E-state index contributed by atoms with van der Waals surface area (Å²) in [6.45, 7) is 1.98. The summed E-state index contributed by atoms with van der Waals surface area (Å²) in [6, 6.07) is 0. The van der Waals surface area contributed by atoms with Crippen LogP contribution in [0.15, 0.2) is 0 Å². The van der Waals surface area contributed by atoms with Crippen LogP contribution in [0.5, 0.6) is 0 Å². The highest BCUT2D eigenvalue weighted by atomic mass is 31.2. The van der Waals surface area contributed by atoms with Gasteiger partial charge in [-0.05, 0) is 57.8 Å². The van der Waals surface area contributed by atoms with Crippen molar-refractivity contribution in [3.05, 3.63) is 0 Å². The third kappa shape index (κ3) is 5.65. The Bertz CT molecular complexity index is 318. The highest BCUT2D eigenvalue weighted by molar-refractivity contribution is 7.53. The Morgan fingerprint density at radius 1 is 0.857 bits per heavy atom. The van der Waals surface area contributed by atoms with Gasteiger partial charge < -0.3 is 19.3 Å². The molecule has 2 saturated carbocycles. The molecule has 0 atom stereocenters. The third-order valence-corrected chi connectivity index (χ3v) is 6.64. The lowest BCUT2D eigenvalue weighted by Crippen LogP contribution is -2.27. The predicted molar refractivity (Wildman–Crippen MR) is 81.5 cm³/mol. The van der Waals surface area contributed by atoms with Gasteiger partial charge in [-0.1, -0.05) is 6.92 Å². The van der Waals surface area contributed by atoms with Crippen LogP contribution in [0.25, 0.3) is 0 Å². The Morgan fingerprint density at radius 3 is 1.57 bits per heavy atom. The molecule has 0 aromatic heterocycles. The van der Waals surface area contributed by atoms with E-state index in [0.29, 0.717) is 31.8 Å². The fourth-order valence-electron chi connectivity index (χ4n) is 3.16. The van der Waals surface area contributed by atoms with Gasteiger partial charge in [0.1, 0.15) is 0 Å². The number of hydrogen-bond donors (Lipinski definition) is 2. The highest BCUT2D eigenvalue weighted by Crippen LogP contribution is 2.53. The Labute approximate surface area is 127 Å². The number of aliphatic hydroxyl groups excluding tert-OH is 2. The van der Waals surface area contributed by atoms with Crippen molar-refractivity contribution >= 4 is 7.60 Å². The summed E-state index contributed by atoms with van der Waals surface area (Å²) < 4.78 is 24.7. The van der Waals surface area contributed by atoms with Gasteiger partial charge in [0.15, 0.2) is 0 Å². The molecule has 0 aliphatic heterocycles. The van der Waals surface area contributed by atoms with Crippen molar-refractivity contribution in [2.24, 2.45) is 0 Å². The first-order valence-electron chi connectivity index (χ1n) is 8.32. The number of aliphatic hydroxyl groups is 2. The van der Waals surface area contributed by atoms with Gasteiger partial charge in [0.05, 0.1) is 24.4 Å². The van der Waals surface area contributed by atoms with E-state index in [1.54, 1.807) is 0 Å². The SMILES string of the molecule is CCCP(=O)(OC1CCC(O)CC1)OC1CCC(O)CC1. The molecule has 2 fully saturated rings. The van der Waals surface area contributed by atoms with Crippen molar-refractivity contribution < 1.29 is 23.8 Å². The average Bonchev–Trinajstić information content (AvgIpc) is 2.44. The Balaban J connectivity index is 1.87. The van der Waals surface area contributed by atoms with Crippen molar-refractivity contribution in [2.45, 2.75) is 89.1 Å². The molecule has 2 aliphatic carbocycles. The third-order valence-electron chi connectivity index (χ3n) is 4.40. The zero-order valence-corrected chi connectivity index (χ0v) is 13.8. The minimum Gasteiger partial charge on any atom is -0.393 e. The van der Waals surface area contributed by atoms with Crippen molar-refractivity contribution in [3.63, 3.8) is 0 Å². The van der Waals surface area contributed by atoms with E-state index in [0.717, 1.165) is 32.1 Å². The van der Waals surface area contributed by atoms with E-state index in [9.17, 15) is 14.8 Å². The van der Waals surface area contributed by atoms with Gasteiger partial charge in [0.25, 0.3) is 0 Å². The average molecular weight is 320 g/mol. The molecule has 21 heavy (non-hydrogen) atoms. The first-order valence-corrected chi connectivity index (χ1v) is 10.1. The summed E-state index contributed by atoms with van der Waals surface area (Å²) in [7, 11) is -3.06. The van der Waals surface area contributed by atoms with Crippen LogP contribution in [0.3, 0.4) is 0 Å². The summed E-state index contributed by atoms with van der Waals surface area (Å²) in [5.74, 6) is 0. The zero-order valence-electron chi connectivity index (χ0n) is 12.9. The molecule has 0 radical (unpaired) electrons. The normalized spacial score (nSPS) is 37.1. The van der Waals surface area contributed by atoms with Crippen LogP contribution in [0.4, 0.5) is 0 Å². The largest absolute Gasteiger partial charge is 0.393 e. The van der Waals surface area contributed by atoms with Gasteiger partial charge in [-0.15, -0.1) is 0 Å². The molecular weight excluding hydrogens is 291 g/mol.